The second-order valence-electron chi connectivity index (χ2n) is 3.16. The molecule has 1 N–H and O–H groups in total. The van der Waals surface area contributed by atoms with E-state index in [-0.39, 0.29) is 6.61 Å². The zero-order chi connectivity index (χ0) is 9.68. The molecular weight excluding hydrogens is 184 g/mol. The molecule has 0 aliphatic rings. The van der Waals surface area contributed by atoms with Gasteiger partial charge in [0.2, 0.25) is 0 Å². The van der Waals surface area contributed by atoms with Crippen LogP contribution in [0.25, 0.3) is 0 Å². The molecule has 0 aliphatic heterocycles. The van der Waals surface area contributed by atoms with E-state index in [9.17, 15) is 0 Å². The van der Waals surface area contributed by atoms with E-state index in [1.807, 2.05) is 12.5 Å². The highest BCUT2D eigenvalue weighted by atomic mass is 32.2. The van der Waals surface area contributed by atoms with Crippen molar-refractivity contribution in [3.8, 4) is 0 Å². The van der Waals surface area contributed by atoms with E-state index < -0.39 is 0 Å². The van der Waals surface area contributed by atoms with Gasteiger partial charge >= 0.3 is 0 Å². The van der Waals surface area contributed by atoms with Crippen LogP contribution < -0.4 is 0 Å². The summed E-state index contributed by atoms with van der Waals surface area (Å²) in [7, 11) is 0. The highest BCUT2D eigenvalue weighted by Gasteiger charge is 2.04. The Labute approximate surface area is 83.2 Å². The lowest BCUT2D eigenvalue weighted by Gasteiger charge is -2.10. The molecule has 74 valence electrons. The average molecular weight is 200 g/mol. The van der Waals surface area contributed by atoms with E-state index in [1.54, 1.807) is 11.8 Å². The Hall–Kier alpha value is -0.480. The van der Waals surface area contributed by atoms with Crippen LogP contribution in [0.15, 0.2) is 12.5 Å². The maximum Gasteiger partial charge on any atom is 0.0950 e. The number of imidazole rings is 1. The van der Waals surface area contributed by atoms with Crippen molar-refractivity contribution in [3.05, 3.63) is 18.2 Å². The van der Waals surface area contributed by atoms with Crippen molar-refractivity contribution in [3.63, 3.8) is 0 Å². The number of hydrogen-bond acceptors (Lipinski definition) is 3. The third-order valence-electron chi connectivity index (χ3n) is 1.79. The highest BCUT2D eigenvalue weighted by molar-refractivity contribution is 7.98. The molecule has 0 radical (unpaired) electrons. The molecule has 0 bridgehead atoms. The fourth-order valence-corrected chi connectivity index (χ4v) is 1.86. The molecule has 0 unspecified atom stereocenters. The summed E-state index contributed by atoms with van der Waals surface area (Å²) in [5.41, 5.74) is 1.23. The lowest BCUT2D eigenvalue weighted by Crippen LogP contribution is -2.03. The Balaban J connectivity index is 2.50. The van der Waals surface area contributed by atoms with Gasteiger partial charge in [-0.3, -0.25) is 0 Å². The van der Waals surface area contributed by atoms with Crippen molar-refractivity contribution < 1.29 is 5.11 Å². The van der Waals surface area contributed by atoms with Crippen LogP contribution >= 0.6 is 11.8 Å². The average Bonchev–Trinajstić information content (AvgIpc) is 2.53. The van der Waals surface area contributed by atoms with Crippen molar-refractivity contribution >= 4 is 11.8 Å². The second-order valence-corrected chi connectivity index (χ2v) is 4.27. The Morgan fingerprint density at radius 2 is 2.38 bits per heavy atom. The summed E-state index contributed by atoms with van der Waals surface area (Å²) >= 11 is 1.73. The van der Waals surface area contributed by atoms with Gasteiger partial charge in [-0.1, -0.05) is 0 Å². The van der Waals surface area contributed by atoms with Gasteiger partial charge in [-0.05, 0) is 13.8 Å². The molecule has 0 amide bonds. The molecule has 1 heterocycles. The fraction of sp³-hybridized carbons (Fsp3) is 0.667. The summed E-state index contributed by atoms with van der Waals surface area (Å²) in [5.74, 6) is 1.72. The first-order chi connectivity index (χ1) is 6.25. The summed E-state index contributed by atoms with van der Waals surface area (Å²) < 4.78 is 2.16. The van der Waals surface area contributed by atoms with Gasteiger partial charge in [0.1, 0.15) is 0 Å². The van der Waals surface area contributed by atoms with Gasteiger partial charge < -0.3 is 9.67 Å². The summed E-state index contributed by atoms with van der Waals surface area (Å²) in [6, 6.07) is 0.465. The summed E-state index contributed by atoms with van der Waals surface area (Å²) in [6.07, 6.45) is 3.75. The van der Waals surface area contributed by atoms with Crippen molar-refractivity contribution in [1.29, 1.82) is 0 Å². The van der Waals surface area contributed by atoms with Crippen molar-refractivity contribution in [2.75, 3.05) is 12.4 Å². The lowest BCUT2D eigenvalue weighted by molar-refractivity contribution is 0.322. The molecule has 0 saturated carbocycles. The summed E-state index contributed by atoms with van der Waals surface area (Å²) in [5, 5.41) is 8.63. The molecule has 3 nitrogen and oxygen atoms in total. The van der Waals surface area contributed by atoms with Gasteiger partial charge in [0.25, 0.3) is 0 Å². The SMILES string of the molecule is CC(C)n1cncc1CSCCO. The van der Waals surface area contributed by atoms with Gasteiger partial charge in [-0.2, -0.15) is 11.8 Å². The molecule has 0 fully saturated rings. The van der Waals surface area contributed by atoms with E-state index >= 15 is 0 Å². The van der Waals surface area contributed by atoms with Crippen LogP contribution in [0.3, 0.4) is 0 Å². The van der Waals surface area contributed by atoms with Crippen LogP contribution in [0.5, 0.6) is 0 Å². The third kappa shape index (κ3) is 3.04. The van der Waals surface area contributed by atoms with Gasteiger partial charge in [-0.25, -0.2) is 4.98 Å². The first-order valence-electron chi connectivity index (χ1n) is 4.45. The predicted molar refractivity (Wildman–Crippen MR) is 55.9 cm³/mol. The molecule has 4 heteroatoms. The van der Waals surface area contributed by atoms with Crippen LogP contribution in [-0.2, 0) is 5.75 Å². The van der Waals surface area contributed by atoms with E-state index in [0.29, 0.717) is 6.04 Å². The molecule has 1 aromatic heterocycles. The van der Waals surface area contributed by atoms with E-state index in [4.69, 9.17) is 5.11 Å². The maximum absolute atomic E-state index is 8.63. The maximum atomic E-state index is 8.63. The second kappa shape index (κ2) is 5.29. The minimum atomic E-state index is 0.250. The van der Waals surface area contributed by atoms with Gasteiger partial charge in [0.05, 0.1) is 12.9 Å². The van der Waals surface area contributed by atoms with E-state index in [0.717, 1.165) is 11.5 Å². The minimum absolute atomic E-state index is 0.250. The number of aliphatic hydroxyl groups is 1. The minimum Gasteiger partial charge on any atom is -0.396 e. The topological polar surface area (TPSA) is 38.0 Å². The van der Waals surface area contributed by atoms with Crippen LogP contribution in [0, 0.1) is 0 Å². The lowest BCUT2D eigenvalue weighted by atomic mass is 10.4. The standard InChI is InChI=1S/C9H16N2OS/c1-8(2)11-7-10-5-9(11)6-13-4-3-12/h5,7-8,12H,3-4,6H2,1-2H3. The van der Waals surface area contributed by atoms with Crippen LogP contribution in [0.4, 0.5) is 0 Å². The third-order valence-corrected chi connectivity index (χ3v) is 2.76. The fourth-order valence-electron chi connectivity index (χ4n) is 1.15. The number of hydrogen-bond donors (Lipinski definition) is 1. The Morgan fingerprint density at radius 1 is 1.62 bits per heavy atom. The molecule has 0 aliphatic carbocycles. The summed E-state index contributed by atoms with van der Waals surface area (Å²) in [4.78, 5) is 4.11. The monoisotopic (exact) mass is 200 g/mol. The van der Waals surface area contributed by atoms with Crippen molar-refractivity contribution in [2.45, 2.75) is 25.6 Å². The Morgan fingerprint density at radius 3 is 3.00 bits per heavy atom. The number of nitrogens with zero attached hydrogens (tertiary/aromatic N) is 2. The van der Waals surface area contributed by atoms with E-state index in [1.165, 1.54) is 5.69 Å². The molecule has 1 aromatic rings. The van der Waals surface area contributed by atoms with Crippen molar-refractivity contribution in [2.24, 2.45) is 0 Å². The first-order valence-corrected chi connectivity index (χ1v) is 5.60. The molecule has 0 saturated heterocycles. The van der Waals surface area contributed by atoms with E-state index in [2.05, 4.69) is 23.4 Å². The smallest absolute Gasteiger partial charge is 0.0950 e. The quantitative estimate of drug-likeness (QED) is 0.735. The molecule has 13 heavy (non-hydrogen) atoms. The first kappa shape index (κ1) is 10.6. The number of thioether (sulfide) groups is 1. The molecule has 0 spiro atoms. The molecule has 0 atom stereocenters. The van der Waals surface area contributed by atoms with Crippen LogP contribution in [-0.4, -0.2) is 27.0 Å². The normalized spacial score (nSPS) is 11.1. The number of rotatable bonds is 5. The zero-order valence-electron chi connectivity index (χ0n) is 8.10. The molecular formula is C9H16N2OS. The largest absolute Gasteiger partial charge is 0.396 e. The van der Waals surface area contributed by atoms with Crippen molar-refractivity contribution in [1.82, 2.24) is 9.55 Å². The predicted octanol–water partition coefficient (Wildman–Crippen LogP) is 1.69. The van der Waals surface area contributed by atoms with Gasteiger partial charge in [0.15, 0.2) is 0 Å². The molecule has 1 rings (SSSR count). The van der Waals surface area contributed by atoms with Gasteiger partial charge in [-0.15, -0.1) is 0 Å². The van der Waals surface area contributed by atoms with Crippen LogP contribution in [0.1, 0.15) is 25.6 Å². The molecule has 0 aromatic carbocycles. The Kier molecular flexibility index (Phi) is 4.32. The van der Waals surface area contributed by atoms with Crippen LogP contribution in [0.2, 0.25) is 0 Å². The number of aliphatic hydroxyl groups excluding tert-OH is 1. The summed E-state index contributed by atoms with van der Waals surface area (Å²) in [6.45, 7) is 4.53. The highest BCUT2D eigenvalue weighted by Crippen LogP contribution is 2.15. The Bertz CT molecular complexity index is 248. The zero-order valence-corrected chi connectivity index (χ0v) is 8.92. The number of aromatic nitrogens is 2. The van der Waals surface area contributed by atoms with Gasteiger partial charge in [0, 0.05) is 29.4 Å².